The van der Waals surface area contributed by atoms with Crippen molar-refractivity contribution in [2.45, 2.75) is 12.6 Å². The lowest BCUT2D eigenvalue weighted by Gasteiger charge is -2.17. The van der Waals surface area contributed by atoms with E-state index in [1.54, 1.807) is 24.3 Å². The highest BCUT2D eigenvalue weighted by atomic mass is 19.2. The largest absolute Gasteiger partial charge is 0.384 e. The molecule has 0 aliphatic rings. The van der Waals surface area contributed by atoms with E-state index in [-0.39, 0.29) is 12.1 Å². The molecular formula is C16H13F2N3O. The minimum atomic E-state index is -1.05. The van der Waals surface area contributed by atoms with Crippen molar-refractivity contribution in [1.29, 1.82) is 0 Å². The van der Waals surface area contributed by atoms with E-state index in [1.165, 1.54) is 23.4 Å². The summed E-state index contributed by atoms with van der Waals surface area (Å²) in [4.78, 5) is 3.78. The van der Waals surface area contributed by atoms with Gasteiger partial charge in [0.25, 0.3) is 0 Å². The molecule has 1 N–H and O–H groups in total. The highest BCUT2D eigenvalue weighted by Gasteiger charge is 2.20. The average molecular weight is 301 g/mol. The molecule has 0 spiro atoms. The normalized spacial score (nSPS) is 12.3. The summed E-state index contributed by atoms with van der Waals surface area (Å²) < 4.78 is 29.1. The Labute approximate surface area is 125 Å². The molecule has 0 aliphatic carbocycles. The van der Waals surface area contributed by atoms with Gasteiger partial charge in [0.2, 0.25) is 0 Å². The van der Waals surface area contributed by atoms with Crippen molar-refractivity contribution >= 4 is 0 Å². The van der Waals surface area contributed by atoms with Crippen molar-refractivity contribution < 1.29 is 13.9 Å². The number of hydrogen-bond acceptors (Lipinski definition) is 3. The first-order valence-electron chi connectivity index (χ1n) is 6.69. The number of rotatable bonds is 4. The number of aliphatic hydroxyl groups is 1. The Morgan fingerprint density at radius 2 is 1.86 bits per heavy atom. The maximum absolute atomic E-state index is 14.2. The number of benzene rings is 2. The summed E-state index contributed by atoms with van der Waals surface area (Å²) in [7, 11) is 0. The molecule has 0 amide bonds. The minimum Gasteiger partial charge on any atom is -0.384 e. The van der Waals surface area contributed by atoms with Crippen LogP contribution in [0.5, 0.6) is 0 Å². The number of halogens is 2. The predicted molar refractivity (Wildman–Crippen MR) is 76.0 cm³/mol. The standard InChI is InChI=1S/C16H13F2N3O/c17-14-7-6-12(16(22)11-4-2-1-3-5-11)13(15(14)18)8-21-10-19-9-20-21/h1-7,9-10,16,22H,8H2. The molecule has 0 radical (unpaired) electrons. The van der Waals surface area contributed by atoms with Crippen LogP contribution in [0.1, 0.15) is 22.8 Å². The van der Waals surface area contributed by atoms with Crippen LogP contribution in [0.25, 0.3) is 0 Å². The summed E-state index contributed by atoms with van der Waals surface area (Å²) in [6.07, 6.45) is 1.67. The molecule has 0 saturated heterocycles. The fourth-order valence-electron chi connectivity index (χ4n) is 2.32. The van der Waals surface area contributed by atoms with Crippen molar-refractivity contribution in [3.05, 3.63) is 83.4 Å². The maximum atomic E-state index is 14.2. The lowest BCUT2D eigenvalue weighted by molar-refractivity contribution is 0.217. The molecule has 112 valence electrons. The first kappa shape index (κ1) is 14.3. The zero-order chi connectivity index (χ0) is 15.5. The minimum absolute atomic E-state index is 0.0111. The zero-order valence-electron chi connectivity index (χ0n) is 11.5. The molecule has 1 atom stereocenters. The fourth-order valence-corrected chi connectivity index (χ4v) is 2.32. The molecule has 4 nitrogen and oxygen atoms in total. The van der Waals surface area contributed by atoms with Crippen LogP contribution >= 0.6 is 0 Å². The summed E-state index contributed by atoms with van der Waals surface area (Å²) in [6, 6.07) is 11.2. The van der Waals surface area contributed by atoms with E-state index in [1.807, 2.05) is 6.07 Å². The molecule has 1 unspecified atom stereocenters. The third kappa shape index (κ3) is 2.73. The van der Waals surface area contributed by atoms with Gasteiger partial charge in [-0.05, 0) is 17.2 Å². The quantitative estimate of drug-likeness (QED) is 0.806. The van der Waals surface area contributed by atoms with E-state index in [4.69, 9.17) is 0 Å². The van der Waals surface area contributed by atoms with Gasteiger partial charge in [-0.3, -0.25) is 0 Å². The number of nitrogens with zero attached hydrogens (tertiary/aromatic N) is 3. The number of aliphatic hydroxyl groups excluding tert-OH is 1. The predicted octanol–water partition coefficient (Wildman–Crippen LogP) is 2.69. The summed E-state index contributed by atoms with van der Waals surface area (Å²) in [5.41, 5.74) is 0.968. The summed E-state index contributed by atoms with van der Waals surface area (Å²) in [5, 5.41) is 14.4. The molecule has 0 bridgehead atoms. The maximum Gasteiger partial charge on any atom is 0.164 e. The molecular weight excluding hydrogens is 288 g/mol. The van der Waals surface area contributed by atoms with Crippen molar-refractivity contribution in [3.63, 3.8) is 0 Å². The molecule has 2 aromatic carbocycles. The van der Waals surface area contributed by atoms with Crippen LogP contribution in [0.4, 0.5) is 8.78 Å². The Morgan fingerprint density at radius 1 is 1.09 bits per heavy atom. The second kappa shape index (κ2) is 6.03. The third-order valence-corrected chi connectivity index (χ3v) is 3.43. The molecule has 3 aromatic rings. The van der Waals surface area contributed by atoms with Crippen LogP contribution in [0.15, 0.2) is 55.1 Å². The van der Waals surface area contributed by atoms with Crippen molar-refractivity contribution in [2.24, 2.45) is 0 Å². The zero-order valence-corrected chi connectivity index (χ0v) is 11.5. The SMILES string of the molecule is OC(c1ccccc1)c1ccc(F)c(F)c1Cn1cncn1. The van der Waals surface area contributed by atoms with Gasteiger partial charge in [-0.1, -0.05) is 36.4 Å². The highest BCUT2D eigenvalue weighted by molar-refractivity contribution is 5.37. The second-order valence-corrected chi connectivity index (χ2v) is 4.84. The number of hydrogen-bond donors (Lipinski definition) is 1. The molecule has 1 heterocycles. The first-order valence-corrected chi connectivity index (χ1v) is 6.69. The third-order valence-electron chi connectivity index (χ3n) is 3.43. The van der Waals surface area contributed by atoms with Crippen LogP contribution < -0.4 is 0 Å². The van der Waals surface area contributed by atoms with Gasteiger partial charge in [0.05, 0.1) is 6.54 Å². The van der Waals surface area contributed by atoms with E-state index in [0.29, 0.717) is 11.1 Å². The van der Waals surface area contributed by atoms with Gasteiger partial charge < -0.3 is 5.11 Å². The van der Waals surface area contributed by atoms with Gasteiger partial charge >= 0.3 is 0 Å². The lowest BCUT2D eigenvalue weighted by Crippen LogP contribution is -2.11. The van der Waals surface area contributed by atoms with Gasteiger partial charge in [-0.15, -0.1) is 0 Å². The van der Waals surface area contributed by atoms with Crippen LogP contribution in [0, 0.1) is 11.6 Å². The number of aromatic nitrogens is 3. The molecule has 0 aliphatic heterocycles. The molecule has 6 heteroatoms. The van der Waals surface area contributed by atoms with Crippen LogP contribution in [-0.2, 0) is 6.54 Å². The van der Waals surface area contributed by atoms with E-state index >= 15 is 0 Å². The molecule has 22 heavy (non-hydrogen) atoms. The van der Waals surface area contributed by atoms with Crippen molar-refractivity contribution in [3.8, 4) is 0 Å². The van der Waals surface area contributed by atoms with Gasteiger partial charge in [-0.2, -0.15) is 5.10 Å². The van der Waals surface area contributed by atoms with Crippen molar-refractivity contribution in [1.82, 2.24) is 14.8 Å². The Balaban J connectivity index is 2.05. The van der Waals surface area contributed by atoms with Gasteiger partial charge in [-0.25, -0.2) is 18.4 Å². The van der Waals surface area contributed by atoms with E-state index in [2.05, 4.69) is 10.1 Å². The van der Waals surface area contributed by atoms with Gasteiger partial charge in [0.1, 0.15) is 18.8 Å². The second-order valence-electron chi connectivity index (χ2n) is 4.84. The van der Waals surface area contributed by atoms with Crippen LogP contribution in [-0.4, -0.2) is 19.9 Å². The molecule has 1 aromatic heterocycles. The Kier molecular flexibility index (Phi) is 3.93. The molecule has 3 rings (SSSR count). The Bertz CT molecular complexity index is 761. The fraction of sp³-hybridized carbons (Fsp3) is 0.125. The summed E-state index contributed by atoms with van der Waals surface area (Å²) >= 11 is 0. The van der Waals surface area contributed by atoms with Crippen LogP contribution in [0.3, 0.4) is 0 Å². The smallest absolute Gasteiger partial charge is 0.164 e. The summed E-state index contributed by atoms with van der Waals surface area (Å²) in [5.74, 6) is -1.94. The molecule has 0 saturated carbocycles. The average Bonchev–Trinajstić information content (AvgIpc) is 3.05. The van der Waals surface area contributed by atoms with E-state index in [0.717, 1.165) is 6.07 Å². The molecule has 0 fully saturated rings. The van der Waals surface area contributed by atoms with Gasteiger partial charge in [0, 0.05) is 5.56 Å². The lowest BCUT2D eigenvalue weighted by atomic mass is 9.96. The van der Waals surface area contributed by atoms with Crippen molar-refractivity contribution in [2.75, 3.05) is 0 Å². The van der Waals surface area contributed by atoms with E-state index in [9.17, 15) is 13.9 Å². The Morgan fingerprint density at radius 3 is 2.55 bits per heavy atom. The summed E-state index contributed by atoms with van der Waals surface area (Å²) in [6.45, 7) is -0.0111. The van der Waals surface area contributed by atoms with Gasteiger partial charge in [0.15, 0.2) is 11.6 Å². The van der Waals surface area contributed by atoms with E-state index < -0.39 is 17.7 Å². The first-order chi connectivity index (χ1) is 10.7. The highest BCUT2D eigenvalue weighted by Crippen LogP contribution is 2.28. The van der Waals surface area contributed by atoms with Crippen LogP contribution in [0.2, 0.25) is 0 Å². The monoisotopic (exact) mass is 301 g/mol. The topological polar surface area (TPSA) is 50.9 Å². The Hall–Kier alpha value is -2.60.